The van der Waals surface area contributed by atoms with Gasteiger partial charge in [-0.05, 0) is 91.8 Å². The van der Waals surface area contributed by atoms with Crippen molar-refractivity contribution in [2.24, 2.45) is 0 Å². The number of hydrogen-bond acceptors (Lipinski definition) is 4. The predicted molar refractivity (Wildman–Crippen MR) is 211 cm³/mol. The summed E-state index contributed by atoms with van der Waals surface area (Å²) in [7, 11) is 0. The normalized spacial score (nSPS) is 14.1. The molecule has 0 amide bonds. The molecule has 7 aromatic rings. The van der Waals surface area contributed by atoms with E-state index in [4.69, 9.17) is 4.74 Å². The minimum Gasteiger partial charge on any atom is -0.458 e. The molecular formula is C44H41BN2O3. The van der Waals surface area contributed by atoms with Crippen molar-refractivity contribution in [3.05, 3.63) is 116 Å². The zero-order valence-corrected chi connectivity index (χ0v) is 30.3. The lowest BCUT2D eigenvalue weighted by Crippen LogP contribution is -2.58. The highest BCUT2D eigenvalue weighted by Crippen LogP contribution is 2.40. The Morgan fingerprint density at radius 2 is 1.20 bits per heavy atom. The lowest BCUT2D eigenvalue weighted by Gasteiger charge is -2.36. The summed E-state index contributed by atoms with van der Waals surface area (Å²) in [5.74, 6) is 1.35. The fourth-order valence-corrected chi connectivity index (χ4v) is 8.18. The Labute approximate surface area is 292 Å². The number of nitrogens with one attached hydrogen (secondary N) is 1. The number of para-hydroxylation sites is 1. The molecule has 0 bridgehead atoms. The van der Waals surface area contributed by atoms with E-state index in [1.165, 1.54) is 16.6 Å². The van der Waals surface area contributed by atoms with Gasteiger partial charge in [-0.1, -0.05) is 98.7 Å². The zero-order chi connectivity index (χ0) is 35.2. The highest BCUT2D eigenvalue weighted by atomic mass is 16.5. The maximum atomic E-state index is 14.8. The van der Waals surface area contributed by atoms with Gasteiger partial charge in [0.1, 0.15) is 11.5 Å². The first-order valence-corrected chi connectivity index (χ1v) is 17.6. The third-order valence-electron chi connectivity index (χ3n) is 11.0. The van der Waals surface area contributed by atoms with E-state index in [0.29, 0.717) is 32.8 Å². The van der Waals surface area contributed by atoms with E-state index in [1.807, 2.05) is 30.3 Å². The van der Waals surface area contributed by atoms with E-state index in [2.05, 4.69) is 121 Å². The number of aromatic nitrogens is 1. The van der Waals surface area contributed by atoms with Crippen LogP contribution in [-0.2, 0) is 16.2 Å². The van der Waals surface area contributed by atoms with Gasteiger partial charge in [-0.3, -0.25) is 9.59 Å². The quantitative estimate of drug-likeness (QED) is 0.102. The van der Waals surface area contributed by atoms with E-state index < -0.39 is 0 Å². The molecule has 0 saturated heterocycles. The predicted octanol–water partition coefficient (Wildman–Crippen LogP) is 8.13. The van der Waals surface area contributed by atoms with Crippen LogP contribution in [-0.4, -0.2) is 11.1 Å². The molecule has 0 spiro atoms. The van der Waals surface area contributed by atoms with Gasteiger partial charge in [-0.25, -0.2) is 0 Å². The van der Waals surface area contributed by atoms with E-state index in [-0.39, 0.29) is 33.8 Å². The first kappa shape index (κ1) is 30.9. The zero-order valence-electron chi connectivity index (χ0n) is 30.3. The second-order valence-electron chi connectivity index (χ2n) is 17.5. The van der Waals surface area contributed by atoms with Crippen LogP contribution in [0.4, 0.5) is 11.4 Å². The molecule has 9 rings (SSSR count). The molecule has 248 valence electrons. The van der Waals surface area contributed by atoms with Crippen LogP contribution in [0.1, 0.15) is 79.0 Å². The van der Waals surface area contributed by atoms with Gasteiger partial charge in [0.2, 0.25) is 5.43 Å². The Kier molecular flexibility index (Phi) is 6.05. The maximum absolute atomic E-state index is 14.8. The smallest absolute Gasteiger partial charge is 0.256 e. The van der Waals surface area contributed by atoms with Gasteiger partial charge in [0.15, 0.2) is 5.43 Å². The first-order chi connectivity index (χ1) is 23.5. The lowest BCUT2D eigenvalue weighted by molar-refractivity contribution is 0.491. The SMILES string of the molecule is CC(C)(C)c1ccc2c(c1)B1c3cc(C(C)(C)C)ccc3Oc3c1c(cc1c3c(=O)c3cccc4c(=O)c5cc(C(C)(C)C)ccc5n1c43)N2. The number of ether oxygens (including phenoxy) is 1. The summed E-state index contributed by atoms with van der Waals surface area (Å²) in [6.07, 6.45) is 0. The second-order valence-corrected chi connectivity index (χ2v) is 17.5. The molecular weight excluding hydrogens is 615 g/mol. The van der Waals surface area contributed by atoms with Gasteiger partial charge >= 0.3 is 0 Å². The van der Waals surface area contributed by atoms with Gasteiger partial charge < -0.3 is 14.5 Å². The molecule has 6 heteroatoms. The third kappa shape index (κ3) is 4.20. The van der Waals surface area contributed by atoms with Crippen LogP contribution in [0.15, 0.2) is 88.5 Å². The Balaban J connectivity index is 1.46. The van der Waals surface area contributed by atoms with Gasteiger partial charge in [0.25, 0.3) is 6.71 Å². The summed E-state index contributed by atoms with van der Waals surface area (Å²) in [4.78, 5) is 29.0. The monoisotopic (exact) mass is 656 g/mol. The van der Waals surface area contributed by atoms with Crippen LogP contribution in [0, 0.1) is 0 Å². The average Bonchev–Trinajstić information content (AvgIpc) is 3.05. The molecule has 5 aromatic carbocycles. The Morgan fingerprint density at radius 3 is 1.88 bits per heavy atom. The molecule has 0 fully saturated rings. The first-order valence-electron chi connectivity index (χ1n) is 17.6. The van der Waals surface area contributed by atoms with Crippen molar-refractivity contribution >= 4 is 72.6 Å². The lowest BCUT2D eigenvalue weighted by atomic mass is 9.34. The molecule has 0 aliphatic carbocycles. The number of pyridine rings is 2. The summed E-state index contributed by atoms with van der Waals surface area (Å²) in [6, 6.07) is 27.1. The molecule has 0 radical (unpaired) electrons. The number of nitrogens with zero attached hydrogens (tertiary/aromatic N) is 1. The Bertz CT molecular complexity index is 2730. The third-order valence-corrected chi connectivity index (χ3v) is 11.0. The van der Waals surface area contributed by atoms with Crippen molar-refractivity contribution in [2.75, 3.05) is 5.32 Å². The number of hydrogen-bond donors (Lipinski definition) is 1. The van der Waals surface area contributed by atoms with E-state index in [1.54, 1.807) is 0 Å². The van der Waals surface area contributed by atoms with Crippen molar-refractivity contribution in [2.45, 2.75) is 78.6 Å². The average molecular weight is 657 g/mol. The molecule has 2 aromatic heterocycles. The van der Waals surface area contributed by atoms with Crippen molar-refractivity contribution in [3.63, 3.8) is 0 Å². The Hall–Kier alpha value is -5.10. The van der Waals surface area contributed by atoms with Crippen LogP contribution < -0.4 is 37.3 Å². The molecule has 50 heavy (non-hydrogen) atoms. The van der Waals surface area contributed by atoms with Gasteiger partial charge in [0.05, 0.1) is 21.9 Å². The number of rotatable bonds is 0. The summed E-state index contributed by atoms with van der Waals surface area (Å²) in [5, 5.41) is 6.00. The second kappa shape index (κ2) is 9.78. The van der Waals surface area contributed by atoms with Crippen molar-refractivity contribution < 1.29 is 4.74 Å². The molecule has 0 unspecified atom stereocenters. The molecule has 4 heterocycles. The number of anilines is 2. The molecule has 1 N–H and O–H groups in total. The minimum atomic E-state index is -0.139. The molecule has 2 aliphatic rings. The summed E-state index contributed by atoms with van der Waals surface area (Å²) >= 11 is 0. The van der Waals surface area contributed by atoms with Crippen LogP contribution in [0.2, 0.25) is 0 Å². The van der Waals surface area contributed by atoms with Gasteiger partial charge in [-0.2, -0.15) is 0 Å². The standard InChI is InChI=1S/C44H41BN2O3/c1-42(2,3)23-14-17-33-28(19-23)39(48)26-11-10-12-27-38(26)47(33)34-22-32-37-41(36(34)40(27)49)50-35-18-15-25(44(7,8)9)21-30(35)45(37)29-20-24(43(4,5)6)13-16-31(29)46-32/h10-22,46H,1-9H3. The summed E-state index contributed by atoms with van der Waals surface area (Å²) < 4.78 is 9.07. The van der Waals surface area contributed by atoms with Crippen molar-refractivity contribution in [1.82, 2.24) is 4.40 Å². The topological polar surface area (TPSA) is 59.8 Å². The van der Waals surface area contributed by atoms with Crippen LogP contribution in [0.25, 0.3) is 38.1 Å². The highest BCUT2D eigenvalue weighted by molar-refractivity contribution is 6.99. The van der Waals surface area contributed by atoms with Gasteiger partial charge in [-0.15, -0.1) is 0 Å². The van der Waals surface area contributed by atoms with Gasteiger partial charge in [0, 0.05) is 27.5 Å². The van der Waals surface area contributed by atoms with E-state index in [0.717, 1.165) is 44.6 Å². The van der Waals surface area contributed by atoms with Crippen molar-refractivity contribution in [3.8, 4) is 11.5 Å². The fourth-order valence-electron chi connectivity index (χ4n) is 8.18. The maximum Gasteiger partial charge on any atom is 0.256 e. The summed E-state index contributed by atoms with van der Waals surface area (Å²) in [5.41, 5.74) is 10.5. The van der Waals surface area contributed by atoms with Crippen LogP contribution in [0.5, 0.6) is 11.5 Å². The minimum absolute atomic E-state index is 0.0431. The fraction of sp³-hybridized carbons (Fsp3) is 0.273. The molecule has 0 atom stereocenters. The van der Waals surface area contributed by atoms with Crippen molar-refractivity contribution in [1.29, 1.82) is 0 Å². The highest BCUT2D eigenvalue weighted by Gasteiger charge is 2.42. The number of benzene rings is 5. The van der Waals surface area contributed by atoms with Crippen LogP contribution in [0.3, 0.4) is 0 Å². The van der Waals surface area contributed by atoms with E-state index in [9.17, 15) is 9.59 Å². The summed E-state index contributed by atoms with van der Waals surface area (Å²) in [6.45, 7) is 19.8. The molecule has 0 saturated carbocycles. The molecule has 2 aliphatic heterocycles. The molecule has 5 nitrogen and oxygen atoms in total. The van der Waals surface area contributed by atoms with E-state index >= 15 is 0 Å². The van der Waals surface area contributed by atoms with Crippen LogP contribution >= 0.6 is 0 Å². The largest absolute Gasteiger partial charge is 0.458 e. The number of fused-ring (bicyclic) bond motifs is 9. The Morgan fingerprint density at radius 1 is 0.600 bits per heavy atom.